The maximum absolute atomic E-state index is 12.2. The van der Waals surface area contributed by atoms with Crippen molar-refractivity contribution < 1.29 is 9.53 Å². The van der Waals surface area contributed by atoms with Crippen LogP contribution in [0.1, 0.15) is 23.3 Å². The van der Waals surface area contributed by atoms with E-state index in [-0.39, 0.29) is 11.9 Å². The number of ether oxygens (including phenoxy) is 1. The molecule has 0 spiro atoms. The van der Waals surface area contributed by atoms with E-state index in [2.05, 4.69) is 21.7 Å². The number of carbonyl (C=O) groups is 1. The first-order chi connectivity index (χ1) is 11.2. The molecule has 1 saturated heterocycles. The highest BCUT2D eigenvalue weighted by molar-refractivity contribution is 7.10. The molecule has 0 bridgehead atoms. The fraction of sp³-hybridized carbons (Fsp3) is 0.389. The second-order valence-electron chi connectivity index (χ2n) is 5.88. The summed E-state index contributed by atoms with van der Waals surface area (Å²) in [7, 11) is 2.02. The van der Waals surface area contributed by atoms with Gasteiger partial charge in [0.05, 0.1) is 12.6 Å². The monoisotopic (exact) mass is 330 g/mol. The van der Waals surface area contributed by atoms with Crippen molar-refractivity contribution in [2.75, 3.05) is 13.6 Å². The van der Waals surface area contributed by atoms with Gasteiger partial charge in [0.25, 0.3) is 0 Å². The van der Waals surface area contributed by atoms with Crippen molar-refractivity contribution in [1.29, 1.82) is 0 Å². The second kappa shape index (κ2) is 7.62. The maximum atomic E-state index is 12.2. The van der Waals surface area contributed by atoms with Crippen molar-refractivity contribution in [2.45, 2.75) is 32.0 Å². The minimum absolute atomic E-state index is 0.0378. The Morgan fingerprint density at radius 1 is 1.39 bits per heavy atom. The molecule has 3 rings (SSSR count). The van der Waals surface area contributed by atoms with Crippen LogP contribution in [0.25, 0.3) is 0 Å². The molecular formula is C18H22N2O2S. The van der Waals surface area contributed by atoms with E-state index in [4.69, 9.17) is 4.74 Å². The van der Waals surface area contributed by atoms with E-state index in [1.807, 2.05) is 37.4 Å². The van der Waals surface area contributed by atoms with Gasteiger partial charge in [-0.2, -0.15) is 0 Å². The molecule has 1 amide bonds. The molecule has 5 heteroatoms. The molecule has 1 aliphatic heterocycles. The molecule has 2 aromatic rings. The van der Waals surface area contributed by atoms with Gasteiger partial charge in [-0.25, -0.2) is 0 Å². The number of thiophene rings is 1. The zero-order chi connectivity index (χ0) is 16.1. The molecule has 0 aliphatic carbocycles. The number of nitrogens with one attached hydrogen (secondary N) is 1. The fourth-order valence-corrected chi connectivity index (χ4v) is 3.63. The van der Waals surface area contributed by atoms with E-state index in [9.17, 15) is 4.79 Å². The molecule has 1 atom stereocenters. The van der Waals surface area contributed by atoms with Gasteiger partial charge in [0.2, 0.25) is 5.91 Å². The lowest BCUT2D eigenvalue weighted by atomic mass is 10.2. The Morgan fingerprint density at radius 3 is 2.96 bits per heavy atom. The molecular weight excluding hydrogens is 308 g/mol. The van der Waals surface area contributed by atoms with Gasteiger partial charge in [-0.1, -0.05) is 18.2 Å². The SMILES string of the molecule is CN1CCC[C@H]1C(=O)NCc1cc(COc2ccccc2)cs1. The Hall–Kier alpha value is -1.85. The number of rotatable bonds is 6. The van der Waals surface area contributed by atoms with Gasteiger partial charge >= 0.3 is 0 Å². The molecule has 1 fully saturated rings. The maximum Gasteiger partial charge on any atom is 0.237 e. The van der Waals surface area contributed by atoms with Crippen LogP contribution in [0.5, 0.6) is 5.75 Å². The van der Waals surface area contributed by atoms with Crippen LogP contribution in [-0.4, -0.2) is 30.4 Å². The molecule has 0 saturated carbocycles. The average Bonchev–Trinajstić information content (AvgIpc) is 3.20. The molecule has 2 heterocycles. The van der Waals surface area contributed by atoms with Gasteiger partial charge in [0.1, 0.15) is 12.4 Å². The Kier molecular flexibility index (Phi) is 5.31. The first kappa shape index (κ1) is 16.0. The molecule has 1 aromatic carbocycles. The highest BCUT2D eigenvalue weighted by Crippen LogP contribution is 2.18. The highest BCUT2D eigenvalue weighted by atomic mass is 32.1. The Labute approximate surface area is 141 Å². The fourth-order valence-electron chi connectivity index (χ4n) is 2.81. The van der Waals surface area contributed by atoms with Crippen LogP contribution >= 0.6 is 11.3 Å². The minimum Gasteiger partial charge on any atom is -0.489 e. The lowest BCUT2D eigenvalue weighted by molar-refractivity contribution is -0.125. The Morgan fingerprint density at radius 2 is 2.22 bits per heavy atom. The third-order valence-corrected chi connectivity index (χ3v) is 5.10. The average molecular weight is 330 g/mol. The summed E-state index contributed by atoms with van der Waals surface area (Å²) in [5.74, 6) is 1.01. The first-order valence-electron chi connectivity index (χ1n) is 7.94. The molecule has 4 nitrogen and oxygen atoms in total. The molecule has 1 aromatic heterocycles. The Balaban J connectivity index is 1.46. The van der Waals surface area contributed by atoms with Crippen molar-refractivity contribution in [3.05, 3.63) is 52.2 Å². The lowest BCUT2D eigenvalue weighted by Crippen LogP contribution is -2.40. The summed E-state index contributed by atoms with van der Waals surface area (Å²) in [5, 5.41) is 5.14. The predicted molar refractivity (Wildman–Crippen MR) is 92.6 cm³/mol. The highest BCUT2D eigenvalue weighted by Gasteiger charge is 2.27. The number of amides is 1. The summed E-state index contributed by atoms with van der Waals surface area (Å²) in [6.45, 7) is 2.16. The third kappa shape index (κ3) is 4.33. The summed E-state index contributed by atoms with van der Waals surface area (Å²) in [6.07, 6.45) is 2.07. The number of nitrogens with zero attached hydrogens (tertiary/aromatic N) is 1. The van der Waals surface area contributed by atoms with Crippen molar-refractivity contribution in [3.63, 3.8) is 0 Å². The quantitative estimate of drug-likeness (QED) is 0.885. The van der Waals surface area contributed by atoms with Crippen molar-refractivity contribution >= 4 is 17.2 Å². The van der Waals surface area contributed by atoms with Gasteiger partial charge in [-0.05, 0) is 50.0 Å². The molecule has 1 N–H and O–H groups in total. The van der Waals surface area contributed by atoms with E-state index in [0.29, 0.717) is 13.2 Å². The van der Waals surface area contributed by atoms with E-state index in [1.165, 1.54) is 0 Å². The summed E-state index contributed by atoms with van der Waals surface area (Å²) < 4.78 is 5.74. The normalized spacial score (nSPS) is 18.0. The van der Waals surface area contributed by atoms with Crippen LogP contribution in [0.4, 0.5) is 0 Å². The van der Waals surface area contributed by atoms with Crippen molar-refractivity contribution in [1.82, 2.24) is 10.2 Å². The standard InChI is InChI=1S/C18H22N2O2S/c1-20-9-5-8-17(20)18(21)19-11-16-10-14(13-23-16)12-22-15-6-3-2-4-7-15/h2-4,6-7,10,13,17H,5,8-9,11-12H2,1H3,(H,19,21)/t17-/m0/s1. The third-order valence-electron chi connectivity index (χ3n) is 4.12. The number of benzene rings is 1. The number of hydrogen-bond donors (Lipinski definition) is 1. The zero-order valence-electron chi connectivity index (χ0n) is 13.3. The van der Waals surface area contributed by atoms with Crippen LogP contribution in [0, 0.1) is 0 Å². The van der Waals surface area contributed by atoms with Gasteiger partial charge in [-0.3, -0.25) is 9.69 Å². The lowest BCUT2D eigenvalue weighted by Gasteiger charge is -2.18. The second-order valence-corrected chi connectivity index (χ2v) is 6.88. The van der Waals surface area contributed by atoms with E-state index in [0.717, 1.165) is 35.6 Å². The molecule has 0 unspecified atom stereocenters. The molecule has 23 heavy (non-hydrogen) atoms. The molecule has 122 valence electrons. The van der Waals surface area contributed by atoms with E-state index in [1.54, 1.807) is 11.3 Å². The topological polar surface area (TPSA) is 41.6 Å². The number of likely N-dealkylation sites (N-methyl/N-ethyl adjacent to an activating group) is 1. The number of carbonyl (C=O) groups excluding carboxylic acids is 1. The first-order valence-corrected chi connectivity index (χ1v) is 8.82. The van der Waals surface area contributed by atoms with Crippen LogP contribution in [0.15, 0.2) is 41.8 Å². The van der Waals surface area contributed by atoms with Gasteiger partial charge in [-0.15, -0.1) is 11.3 Å². The molecule has 1 aliphatic rings. The Bertz CT molecular complexity index is 641. The van der Waals surface area contributed by atoms with E-state index < -0.39 is 0 Å². The smallest absolute Gasteiger partial charge is 0.237 e. The summed E-state index contributed by atoms with van der Waals surface area (Å²) in [6, 6.07) is 11.9. The summed E-state index contributed by atoms with van der Waals surface area (Å²) >= 11 is 1.66. The van der Waals surface area contributed by atoms with Crippen molar-refractivity contribution in [2.24, 2.45) is 0 Å². The van der Waals surface area contributed by atoms with Crippen LogP contribution < -0.4 is 10.1 Å². The van der Waals surface area contributed by atoms with Crippen molar-refractivity contribution in [3.8, 4) is 5.75 Å². The van der Waals surface area contributed by atoms with Gasteiger partial charge in [0, 0.05) is 10.4 Å². The largest absolute Gasteiger partial charge is 0.489 e. The van der Waals surface area contributed by atoms with Gasteiger partial charge < -0.3 is 10.1 Å². The summed E-state index contributed by atoms with van der Waals surface area (Å²) in [4.78, 5) is 15.5. The van der Waals surface area contributed by atoms with Crippen LogP contribution in [-0.2, 0) is 17.9 Å². The summed E-state index contributed by atoms with van der Waals surface area (Å²) in [5.41, 5.74) is 1.14. The number of likely N-dealkylation sites (tertiary alicyclic amines) is 1. The van der Waals surface area contributed by atoms with E-state index >= 15 is 0 Å². The zero-order valence-corrected chi connectivity index (χ0v) is 14.1. The van der Waals surface area contributed by atoms with Gasteiger partial charge in [0.15, 0.2) is 0 Å². The number of para-hydroxylation sites is 1. The predicted octanol–water partition coefficient (Wildman–Crippen LogP) is 3.04. The minimum atomic E-state index is 0.0378. The van der Waals surface area contributed by atoms with Crippen LogP contribution in [0.3, 0.4) is 0 Å². The molecule has 0 radical (unpaired) electrons. The number of hydrogen-bond acceptors (Lipinski definition) is 4. The van der Waals surface area contributed by atoms with Crippen LogP contribution in [0.2, 0.25) is 0 Å².